The molecule has 0 aromatic rings. The van der Waals surface area contributed by atoms with Gasteiger partial charge in [0.15, 0.2) is 0 Å². The Morgan fingerprint density at radius 2 is 1.78 bits per heavy atom. The summed E-state index contributed by atoms with van der Waals surface area (Å²) in [5, 5.41) is 18.9. The van der Waals surface area contributed by atoms with Crippen LogP contribution in [0, 0.1) is 5.92 Å². The van der Waals surface area contributed by atoms with E-state index in [4.69, 9.17) is 13.6 Å². The second-order valence-corrected chi connectivity index (χ2v) is 8.39. The van der Waals surface area contributed by atoms with Crippen molar-refractivity contribution in [1.29, 1.82) is 0 Å². The smallest absolute Gasteiger partial charge is 0.364 e. The van der Waals surface area contributed by atoms with Gasteiger partial charge in [-0.15, -0.1) is 0 Å². The van der Waals surface area contributed by atoms with E-state index in [1.807, 2.05) is 0 Å². The number of ether oxygens (including phenoxy) is 1. The Labute approximate surface area is 111 Å². The Kier molecular flexibility index (Phi) is 9.89. The Hall–Kier alpha value is 0.0169. The third-order valence-electron chi connectivity index (χ3n) is 2.88. The highest BCUT2D eigenvalue weighted by molar-refractivity contribution is 6.67. The normalized spacial score (nSPS) is 14.2. The van der Waals surface area contributed by atoms with Crippen molar-refractivity contribution in [3.63, 3.8) is 0 Å². The summed E-state index contributed by atoms with van der Waals surface area (Å²) in [4.78, 5) is 0. The van der Waals surface area contributed by atoms with Gasteiger partial charge in [-0.1, -0.05) is 13.8 Å². The highest BCUT2D eigenvalue weighted by Crippen LogP contribution is 2.13. The Morgan fingerprint density at radius 1 is 1.17 bits per heavy atom. The second kappa shape index (κ2) is 9.88. The van der Waals surface area contributed by atoms with Crippen molar-refractivity contribution in [2.75, 3.05) is 33.7 Å². The Balaban J connectivity index is 3.66. The van der Waals surface area contributed by atoms with Gasteiger partial charge in [-0.05, 0) is 24.8 Å². The lowest BCUT2D eigenvalue weighted by atomic mass is 10.1. The van der Waals surface area contributed by atoms with Gasteiger partial charge in [-0.25, -0.2) is 0 Å². The zero-order valence-electron chi connectivity index (χ0n) is 12.0. The molecule has 2 N–H and O–H groups in total. The topological polar surface area (TPSA) is 68.2 Å². The predicted molar refractivity (Wildman–Crippen MR) is 72.6 cm³/mol. The van der Waals surface area contributed by atoms with E-state index in [9.17, 15) is 10.2 Å². The summed E-state index contributed by atoms with van der Waals surface area (Å²) in [5.41, 5.74) is 0. The maximum Gasteiger partial charge on any atom is 0.364 e. The number of aliphatic hydroxyl groups is 2. The minimum Gasteiger partial charge on any atom is -0.396 e. The quantitative estimate of drug-likeness (QED) is 0.438. The van der Waals surface area contributed by atoms with E-state index in [2.05, 4.69) is 13.8 Å². The van der Waals surface area contributed by atoms with Crippen molar-refractivity contribution in [1.82, 2.24) is 0 Å². The van der Waals surface area contributed by atoms with E-state index >= 15 is 0 Å². The van der Waals surface area contributed by atoms with Crippen molar-refractivity contribution in [3.8, 4) is 0 Å². The summed E-state index contributed by atoms with van der Waals surface area (Å²) in [6.07, 6.45) is 1.08. The number of aliphatic hydroxyl groups excluding tert-OH is 2. The summed E-state index contributed by atoms with van der Waals surface area (Å²) in [6, 6.07) is 0.691. The fraction of sp³-hybridized carbons (Fsp3) is 1.00. The molecule has 0 radical (unpaired) electrons. The molecule has 110 valence electrons. The second-order valence-electron chi connectivity index (χ2n) is 4.94. The molecule has 0 saturated heterocycles. The Morgan fingerprint density at radius 3 is 2.22 bits per heavy atom. The molecule has 0 saturated carbocycles. The molecule has 0 amide bonds. The molecule has 0 aromatic carbocycles. The van der Waals surface area contributed by atoms with Gasteiger partial charge in [0.25, 0.3) is 0 Å². The maximum atomic E-state index is 9.61. The highest BCUT2D eigenvalue weighted by atomic mass is 28.4. The maximum absolute atomic E-state index is 9.61. The van der Waals surface area contributed by atoms with Crippen LogP contribution < -0.4 is 0 Å². The van der Waals surface area contributed by atoms with Crippen LogP contribution in [0.15, 0.2) is 0 Å². The first kappa shape index (κ1) is 18.0. The highest BCUT2D eigenvalue weighted by Gasteiger charge is 2.34. The fourth-order valence-electron chi connectivity index (χ4n) is 1.77. The van der Waals surface area contributed by atoms with E-state index < -0.39 is 14.7 Å². The van der Waals surface area contributed by atoms with Gasteiger partial charge in [0.2, 0.25) is 0 Å². The first-order valence-electron chi connectivity index (χ1n) is 6.46. The molecule has 6 heteroatoms. The predicted octanol–water partition coefficient (Wildman–Crippen LogP) is 1.07. The number of rotatable bonds is 11. The van der Waals surface area contributed by atoms with Gasteiger partial charge < -0.3 is 23.8 Å². The molecular weight excluding hydrogens is 252 g/mol. The van der Waals surface area contributed by atoms with Gasteiger partial charge in [0.1, 0.15) is 0 Å². The van der Waals surface area contributed by atoms with Crippen LogP contribution in [0.4, 0.5) is 0 Å². The lowest BCUT2D eigenvalue weighted by molar-refractivity contribution is 0.0260. The van der Waals surface area contributed by atoms with Gasteiger partial charge in [0, 0.05) is 20.8 Å². The van der Waals surface area contributed by atoms with Crippen molar-refractivity contribution in [3.05, 3.63) is 0 Å². The van der Waals surface area contributed by atoms with E-state index in [1.165, 1.54) is 0 Å². The van der Waals surface area contributed by atoms with Crippen LogP contribution in [0.25, 0.3) is 0 Å². The van der Waals surface area contributed by atoms with Crippen LogP contribution in [0.1, 0.15) is 26.7 Å². The summed E-state index contributed by atoms with van der Waals surface area (Å²) in [7, 11) is 0.730. The summed E-state index contributed by atoms with van der Waals surface area (Å²) in [6.45, 7) is 5.06. The van der Waals surface area contributed by atoms with Crippen molar-refractivity contribution >= 4 is 8.56 Å². The minimum atomic E-state index is -2.41. The molecule has 0 spiro atoms. The molecule has 0 aliphatic heterocycles. The van der Waals surface area contributed by atoms with Gasteiger partial charge in [-0.3, -0.25) is 0 Å². The van der Waals surface area contributed by atoms with Crippen LogP contribution in [-0.2, 0) is 13.6 Å². The van der Waals surface area contributed by atoms with Gasteiger partial charge >= 0.3 is 8.56 Å². The molecule has 1 atom stereocenters. The lowest BCUT2D eigenvalue weighted by Gasteiger charge is -2.24. The van der Waals surface area contributed by atoms with Crippen molar-refractivity contribution in [2.24, 2.45) is 5.92 Å². The van der Waals surface area contributed by atoms with Crippen LogP contribution in [0.5, 0.6) is 0 Å². The fourth-order valence-corrected chi connectivity index (χ4v) is 3.44. The minimum absolute atomic E-state index is 0.0457. The first-order valence-corrected chi connectivity index (χ1v) is 8.69. The monoisotopic (exact) mass is 280 g/mol. The summed E-state index contributed by atoms with van der Waals surface area (Å²) in [5.74, 6) is 0.472. The van der Waals surface area contributed by atoms with Crippen molar-refractivity contribution < 1.29 is 23.8 Å². The zero-order chi connectivity index (χ0) is 14.0. The average molecular weight is 280 g/mol. The zero-order valence-corrected chi connectivity index (χ0v) is 13.0. The molecule has 18 heavy (non-hydrogen) atoms. The van der Waals surface area contributed by atoms with Crippen LogP contribution >= 0.6 is 0 Å². The summed E-state index contributed by atoms with van der Waals surface area (Å²) >= 11 is 0. The van der Waals surface area contributed by atoms with Gasteiger partial charge in [0.05, 0.1) is 18.9 Å². The molecule has 0 bridgehead atoms. The first-order chi connectivity index (χ1) is 8.49. The molecule has 0 fully saturated rings. The van der Waals surface area contributed by atoms with Crippen LogP contribution in [0.3, 0.4) is 0 Å². The molecule has 0 aliphatic carbocycles. The lowest BCUT2D eigenvalue weighted by Crippen LogP contribution is -2.44. The third-order valence-corrected chi connectivity index (χ3v) is 5.97. The van der Waals surface area contributed by atoms with Gasteiger partial charge in [-0.2, -0.15) is 0 Å². The van der Waals surface area contributed by atoms with E-state index in [-0.39, 0.29) is 6.23 Å². The average Bonchev–Trinajstić information content (AvgIpc) is 2.33. The van der Waals surface area contributed by atoms with Crippen molar-refractivity contribution in [2.45, 2.75) is 38.8 Å². The standard InChI is InChI=1S/C12H28O5Si/c1-11(2)8-12(14)9-17-6-5-7-18(10-13,15-3)16-4/h11-14H,5-10H2,1-4H3. The Bertz CT molecular complexity index is 189. The molecule has 1 unspecified atom stereocenters. The van der Waals surface area contributed by atoms with Crippen LogP contribution in [0.2, 0.25) is 6.04 Å². The molecule has 0 heterocycles. The molecule has 0 rings (SSSR count). The third kappa shape index (κ3) is 7.45. The number of hydrogen-bond acceptors (Lipinski definition) is 5. The van der Waals surface area contributed by atoms with E-state index in [0.29, 0.717) is 25.2 Å². The molecular formula is C12H28O5Si. The number of hydrogen-bond donors (Lipinski definition) is 2. The SMILES string of the molecule is CO[Si](CO)(CCCOCC(O)CC(C)C)OC. The molecule has 0 aliphatic rings. The largest absolute Gasteiger partial charge is 0.396 e. The molecule has 5 nitrogen and oxygen atoms in total. The van der Waals surface area contributed by atoms with E-state index in [1.54, 1.807) is 14.2 Å². The van der Waals surface area contributed by atoms with Crippen LogP contribution in [-0.4, -0.2) is 58.5 Å². The van der Waals surface area contributed by atoms with E-state index in [0.717, 1.165) is 12.8 Å². The summed E-state index contributed by atoms with van der Waals surface area (Å²) < 4.78 is 16.0. The molecule has 0 aromatic heterocycles.